The van der Waals surface area contributed by atoms with Gasteiger partial charge in [0.15, 0.2) is 0 Å². The summed E-state index contributed by atoms with van der Waals surface area (Å²) in [5.74, 6) is 0.347. The van der Waals surface area contributed by atoms with E-state index in [1.807, 2.05) is 37.3 Å². The normalized spacial score (nSPS) is 20.6. The fourth-order valence-electron chi connectivity index (χ4n) is 4.66. The number of hydrogen-bond acceptors (Lipinski definition) is 5. The Kier molecular flexibility index (Phi) is 11.2. The van der Waals surface area contributed by atoms with E-state index >= 15 is 0 Å². The second kappa shape index (κ2) is 13.6. The van der Waals surface area contributed by atoms with Gasteiger partial charge < -0.3 is 14.6 Å². The lowest BCUT2D eigenvalue weighted by molar-refractivity contribution is -0.152. The number of aliphatic hydroxyl groups excluding tert-OH is 1. The third-order valence-corrected chi connectivity index (χ3v) is 6.91. The molecule has 5 nitrogen and oxygen atoms in total. The number of carbonyl (C=O) groups excluding carboxylic acids is 2. The topological polar surface area (TPSA) is 72.8 Å². The van der Waals surface area contributed by atoms with Gasteiger partial charge in [-0.2, -0.15) is 0 Å². The van der Waals surface area contributed by atoms with Crippen molar-refractivity contribution in [1.82, 2.24) is 0 Å². The highest BCUT2D eigenvalue weighted by molar-refractivity contribution is 5.71. The van der Waals surface area contributed by atoms with Gasteiger partial charge in [0.25, 0.3) is 0 Å². The minimum absolute atomic E-state index is 0.0770. The standard InChI is InChI=1S/C27H42O5/c1-21(28)23-13-8-15-24(16-9-14-23)27(2,3)20-32-26(30)18-19-31-25(29)17-7-12-22-10-5-4-6-11-22/h4-6,10-11,21,23-24,28H,7-9,12-20H2,1-3H3. The molecule has 1 aromatic rings. The predicted octanol–water partition coefficient (Wildman–Crippen LogP) is 5.48. The number of aliphatic hydroxyl groups is 1. The molecule has 1 atom stereocenters. The molecule has 0 heterocycles. The SMILES string of the molecule is CC(O)C1CCCC(C(C)(C)COC(=O)CCOC(=O)CCCc2ccccc2)CCC1. The second-order valence-electron chi connectivity index (χ2n) is 10.0. The van der Waals surface area contributed by atoms with Crippen molar-refractivity contribution < 1.29 is 24.2 Å². The van der Waals surface area contributed by atoms with Crippen LogP contribution in [0.1, 0.15) is 84.1 Å². The molecule has 1 fully saturated rings. The minimum atomic E-state index is -0.310. The van der Waals surface area contributed by atoms with Crippen molar-refractivity contribution in [2.24, 2.45) is 17.3 Å². The van der Waals surface area contributed by atoms with E-state index in [4.69, 9.17) is 9.47 Å². The van der Waals surface area contributed by atoms with Gasteiger partial charge in [-0.05, 0) is 62.8 Å². The zero-order chi connectivity index (χ0) is 23.4. The number of esters is 2. The first-order chi connectivity index (χ1) is 15.3. The maximum atomic E-state index is 12.2. The molecule has 0 saturated heterocycles. The molecule has 2 rings (SSSR count). The lowest BCUT2D eigenvalue weighted by atomic mass is 9.71. The fraction of sp³-hybridized carbons (Fsp3) is 0.704. The van der Waals surface area contributed by atoms with Gasteiger partial charge in [0.1, 0.15) is 6.61 Å². The van der Waals surface area contributed by atoms with Crippen molar-refractivity contribution in [3.05, 3.63) is 35.9 Å². The van der Waals surface area contributed by atoms with E-state index in [1.54, 1.807) is 0 Å². The Balaban J connectivity index is 1.60. The highest BCUT2D eigenvalue weighted by atomic mass is 16.5. The van der Waals surface area contributed by atoms with E-state index in [2.05, 4.69) is 13.8 Å². The molecule has 0 aromatic heterocycles. The van der Waals surface area contributed by atoms with Crippen LogP contribution in [-0.4, -0.2) is 36.4 Å². The summed E-state index contributed by atoms with van der Waals surface area (Å²) in [4.78, 5) is 24.0. The van der Waals surface area contributed by atoms with Crippen LogP contribution >= 0.6 is 0 Å². The molecule has 0 aliphatic heterocycles. The smallest absolute Gasteiger partial charge is 0.309 e. The number of benzene rings is 1. The van der Waals surface area contributed by atoms with Crippen molar-refractivity contribution in [3.8, 4) is 0 Å². The maximum absolute atomic E-state index is 12.2. The largest absolute Gasteiger partial charge is 0.465 e. The van der Waals surface area contributed by atoms with Crippen molar-refractivity contribution in [3.63, 3.8) is 0 Å². The summed E-state index contributed by atoms with van der Waals surface area (Å²) in [5.41, 5.74) is 1.13. The van der Waals surface area contributed by atoms with E-state index in [0.29, 0.717) is 24.9 Å². The first-order valence-electron chi connectivity index (χ1n) is 12.3. The third kappa shape index (κ3) is 9.72. The fourth-order valence-corrected chi connectivity index (χ4v) is 4.66. The zero-order valence-electron chi connectivity index (χ0n) is 20.2. The zero-order valence-corrected chi connectivity index (χ0v) is 20.2. The molecular weight excluding hydrogens is 404 g/mol. The summed E-state index contributed by atoms with van der Waals surface area (Å²) in [6, 6.07) is 10.1. The lowest BCUT2D eigenvalue weighted by Gasteiger charge is -2.36. The molecule has 1 unspecified atom stereocenters. The summed E-state index contributed by atoms with van der Waals surface area (Å²) in [7, 11) is 0. The van der Waals surface area contributed by atoms with Crippen molar-refractivity contribution >= 4 is 11.9 Å². The van der Waals surface area contributed by atoms with Crippen LogP contribution in [0.2, 0.25) is 0 Å². The number of aryl methyl sites for hydroxylation is 1. The van der Waals surface area contributed by atoms with E-state index in [9.17, 15) is 14.7 Å². The summed E-state index contributed by atoms with van der Waals surface area (Å²) in [5, 5.41) is 9.87. The molecule has 0 bridgehead atoms. The first kappa shape index (κ1) is 26.4. The monoisotopic (exact) mass is 446 g/mol. The van der Waals surface area contributed by atoms with Gasteiger partial charge in [-0.1, -0.05) is 57.0 Å². The van der Waals surface area contributed by atoms with E-state index in [0.717, 1.165) is 51.4 Å². The molecule has 0 spiro atoms. The van der Waals surface area contributed by atoms with Crippen LogP contribution in [0.25, 0.3) is 0 Å². The van der Waals surface area contributed by atoms with Crippen molar-refractivity contribution in [1.29, 1.82) is 0 Å². The van der Waals surface area contributed by atoms with E-state index < -0.39 is 0 Å². The van der Waals surface area contributed by atoms with Crippen LogP contribution in [0.4, 0.5) is 0 Å². The highest BCUT2D eigenvalue weighted by Gasteiger charge is 2.32. The van der Waals surface area contributed by atoms with Crippen LogP contribution in [0.3, 0.4) is 0 Å². The van der Waals surface area contributed by atoms with Crippen molar-refractivity contribution in [2.75, 3.05) is 13.2 Å². The summed E-state index contributed by atoms with van der Waals surface area (Å²) in [6.45, 7) is 6.71. The van der Waals surface area contributed by atoms with Gasteiger partial charge in [-0.25, -0.2) is 0 Å². The number of rotatable bonds is 11. The van der Waals surface area contributed by atoms with E-state index in [-0.39, 0.29) is 36.5 Å². The highest BCUT2D eigenvalue weighted by Crippen LogP contribution is 2.38. The Bertz CT molecular complexity index is 673. The van der Waals surface area contributed by atoms with Gasteiger partial charge in [0, 0.05) is 11.8 Å². The van der Waals surface area contributed by atoms with Crippen LogP contribution in [0, 0.1) is 17.3 Å². The average molecular weight is 447 g/mol. The summed E-state index contributed by atoms with van der Waals surface area (Å²) < 4.78 is 10.7. The van der Waals surface area contributed by atoms with Gasteiger partial charge in [0.05, 0.1) is 19.1 Å². The lowest BCUT2D eigenvalue weighted by Crippen LogP contribution is -2.32. The predicted molar refractivity (Wildman–Crippen MR) is 126 cm³/mol. The Morgan fingerprint density at radius 3 is 2.25 bits per heavy atom. The quantitative estimate of drug-likeness (QED) is 0.456. The molecule has 1 aliphatic carbocycles. The van der Waals surface area contributed by atoms with E-state index in [1.165, 1.54) is 5.56 Å². The Hall–Kier alpha value is -1.88. The number of carbonyl (C=O) groups is 2. The Labute approximate surface area is 193 Å². The molecule has 0 radical (unpaired) electrons. The Morgan fingerprint density at radius 2 is 1.62 bits per heavy atom. The molecule has 5 heteroatoms. The molecule has 1 saturated carbocycles. The van der Waals surface area contributed by atoms with Gasteiger partial charge in [0.2, 0.25) is 0 Å². The van der Waals surface area contributed by atoms with Gasteiger partial charge in [-0.3, -0.25) is 9.59 Å². The average Bonchev–Trinajstić information content (AvgIpc) is 2.72. The third-order valence-electron chi connectivity index (χ3n) is 6.91. The number of hydrogen-bond donors (Lipinski definition) is 1. The van der Waals surface area contributed by atoms with Crippen LogP contribution in [-0.2, 0) is 25.5 Å². The summed E-state index contributed by atoms with van der Waals surface area (Å²) in [6.07, 6.45) is 8.38. The maximum Gasteiger partial charge on any atom is 0.309 e. The van der Waals surface area contributed by atoms with Crippen LogP contribution in [0.5, 0.6) is 0 Å². The molecule has 32 heavy (non-hydrogen) atoms. The van der Waals surface area contributed by atoms with Gasteiger partial charge in [-0.15, -0.1) is 0 Å². The molecular formula is C27H42O5. The molecule has 1 N–H and O–H groups in total. The molecule has 1 aliphatic rings. The first-order valence-corrected chi connectivity index (χ1v) is 12.3. The van der Waals surface area contributed by atoms with Crippen LogP contribution in [0.15, 0.2) is 30.3 Å². The minimum Gasteiger partial charge on any atom is -0.465 e. The van der Waals surface area contributed by atoms with Gasteiger partial charge >= 0.3 is 11.9 Å². The molecule has 180 valence electrons. The van der Waals surface area contributed by atoms with Crippen LogP contribution < -0.4 is 0 Å². The Morgan fingerprint density at radius 1 is 1.00 bits per heavy atom. The van der Waals surface area contributed by atoms with Crippen molar-refractivity contribution in [2.45, 2.75) is 91.1 Å². The molecule has 1 aromatic carbocycles. The number of ether oxygens (including phenoxy) is 2. The summed E-state index contributed by atoms with van der Waals surface area (Å²) >= 11 is 0. The second-order valence-corrected chi connectivity index (χ2v) is 10.0. The molecule has 0 amide bonds.